The Morgan fingerprint density at radius 3 is 1.59 bits per heavy atom. The van der Waals surface area contributed by atoms with Gasteiger partial charge in [0.1, 0.15) is 0 Å². The fraction of sp³-hybridized carbons (Fsp3) is 1.00. The van der Waals surface area contributed by atoms with E-state index in [2.05, 4.69) is 20.8 Å². The number of phosphoric ester groups is 1. The van der Waals surface area contributed by atoms with Crippen molar-refractivity contribution in [2.75, 3.05) is 19.7 Å². The van der Waals surface area contributed by atoms with Crippen LogP contribution in [0.2, 0.25) is 0 Å². The van der Waals surface area contributed by atoms with E-state index in [1.54, 1.807) is 4.90 Å². The summed E-state index contributed by atoms with van der Waals surface area (Å²) in [6, 6.07) is 0.600. The molecule has 0 aromatic rings. The second kappa shape index (κ2) is 19.4. The maximum absolute atomic E-state index is 12.2. The molecule has 0 radical (unpaired) electrons. The lowest BCUT2D eigenvalue weighted by Gasteiger charge is -2.32. The average molecular weight is 477 g/mol. The van der Waals surface area contributed by atoms with Crippen LogP contribution in [-0.4, -0.2) is 36.7 Å². The highest BCUT2D eigenvalue weighted by Crippen LogP contribution is 2.45. The lowest BCUT2D eigenvalue weighted by molar-refractivity contribution is -0.927. The van der Waals surface area contributed by atoms with Crippen molar-refractivity contribution >= 4 is 7.82 Å². The van der Waals surface area contributed by atoms with Crippen molar-refractivity contribution in [2.45, 2.75) is 148 Å². The number of hydrogen-bond acceptors (Lipinski definition) is 3. The highest BCUT2D eigenvalue weighted by Gasteiger charge is 2.31. The zero-order valence-corrected chi connectivity index (χ0v) is 22.5. The largest absolute Gasteiger partial charge is 0.472 e. The molecule has 1 aliphatic rings. The molecule has 0 spiro atoms. The Labute approximate surface area is 199 Å². The molecule has 1 rings (SSSR count). The summed E-state index contributed by atoms with van der Waals surface area (Å²) in [6.07, 6.45) is 22.6. The van der Waals surface area contributed by atoms with Gasteiger partial charge >= 0.3 is 7.82 Å². The zero-order valence-electron chi connectivity index (χ0n) is 21.6. The maximum Gasteiger partial charge on any atom is 0.472 e. The van der Waals surface area contributed by atoms with Gasteiger partial charge in [0.15, 0.2) is 0 Å². The Morgan fingerprint density at radius 1 is 0.781 bits per heavy atom. The summed E-state index contributed by atoms with van der Waals surface area (Å²) in [6.45, 7) is 9.04. The van der Waals surface area contributed by atoms with Crippen LogP contribution in [0.1, 0.15) is 136 Å². The average Bonchev–Trinajstić information content (AvgIpc) is 2.76. The lowest BCUT2D eigenvalue weighted by atomic mass is 10.0. The number of phosphoric acid groups is 1. The van der Waals surface area contributed by atoms with Gasteiger partial charge in [0.25, 0.3) is 0 Å². The molecule has 0 aliphatic carbocycles. The molecule has 2 N–H and O–H groups in total. The van der Waals surface area contributed by atoms with E-state index < -0.39 is 7.82 Å². The molecule has 0 bridgehead atoms. The molecule has 1 unspecified atom stereocenters. The van der Waals surface area contributed by atoms with Crippen molar-refractivity contribution < 1.29 is 23.4 Å². The minimum absolute atomic E-state index is 0.140. The van der Waals surface area contributed by atoms with Gasteiger partial charge in [-0.3, -0.25) is 9.05 Å². The Bertz CT molecular complexity index is 467. The molecule has 1 atom stereocenters. The number of unbranched alkanes of at least 4 members (excludes halogenated alkanes) is 15. The SMILES string of the molecule is CCCCCCCCCCCCCCCCCCOP(=O)(O)OC1CC[NH+](C(C)C)CC1. The van der Waals surface area contributed by atoms with Gasteiger partial charge in [0.05, 0.1) is 31.8 Å². The normalized spacial score (nSPS) is 21.2. The van der Waals surface area contributed by atoms with Gasteiger partial charge in [-0.2, -0.15) is 0 Å². The maximum atomic E-state index is 12.2. The standard InChI is InChI=1S/C26H54NO4P/c1-4-5-6-7-8-9-10-11-12-13-14-15-16-17-18-19-24-30-32(28,29)31-26-20-22-27(23-21-26)25(2)3/h25-26H,4-24H2,1-3H3,(H,28,29)/p+1. The first-order valence-electron chi connectivity index (χ1n) is 13.9. The summed E-state index contributed by atoms with van der Waals surface area (Å²) in [5.41, 5.74) is 0. The molecule has 192 valence electrons. The van der Waals surface area contributed by atoms with Crippen LogP contribution in [0.15, 0.2) is 0 Å². The van der Waals surface area contributed by atoms with Crippen LogP contribution in [-0.2, 0) is 13.6 Å². The Kier molecular flexibility index (Phi) is 18.2. The van der Waals surface area contributed by atoms with E-state index in [-0.39, 0.29) is 6.10 Å². The molecule has 1 fully saturated rings. The van der Waals surface area contributed by atoms with Crippen molar-refractivity contribution in [2.24, 2.45) is 0 Å². The fourth-order valence-electron chi connectivity index (χ4n) is 4.69. The smallest absolute Gasteiger partial charge is 0.333 e. The third-order valence-electron chi connectivity index (χ3n) is 6.93. The molecule has 5 nitrogen and oxygen atoms in total. The van der Waals surface area contributed by atoms with E-state index in [0.29, 0.717) is 12.6 Å². The van der Waals surface area contributed by atoms with Crippen LogP contribution >= 0.6 is 7.82 Å². The quantitative estimate of drug-likeness (QED) is 0.141. The molecule has 0 aromatic carbocycles. The monoisotopic (exact) mass is 476 g/mol. The van der Waals surface area contributed by atoms with Gasteiger partial charge in [0, 0.05) is 12.8 Å². The van der Waals surface area contributed by atoms with Crippen LogP contribution in [0.3, 0.4) is 0 Å². The number of piperidine rings is 1. The van der Waals surface area contributed by atoms with Crippen molar-refractivity contribution in [3.63, 3.8) is 0 Å². The van der Waals surface area contributed by atoms with Gasteiger partial charge in [0.2, 0.25) is 0 Å². The van der Waals surface area contributed by atoms with Gasteiger partial charge in [-0.25, -0.2) is 4.57 Å². The highest BCUT2D eigenvalue weighted by atomic mass is 31.2. The topological polar surface area (TPSA) is 60.2 Å². The van der Waals surface area contributed by atoms with Gasteiger partial charge in [-0.1, -0.05) is 103 Å². The first kappa shape index (κ1) is 30.1. The van der Waals surface area contributed by atoms with Gasteiger partial charge in [-0.05, 0) is 20.3 Å². The molecule has 6 heteroatoms. The molecule has 1 saturated heterocycles. The number of likely N-dealkylation sites (tertiary alicyclic amines) is 1. The molecule has 1 aliphatic heterocycles. The summed E-state index contributed by atoms with van der Waals surface area (Å²) in [5, 5.41) is 0. The van der Waals surface area contributed by atoms with Crippen LogP contribution < -0.4 is 4.90 Å². The number of hydrogen-bond donors (Lipinski definition) is 2. The predicted molar refractivity (Wildman–Crippen MR) is 135 cm³/mol. The van der Waals surface area contributed by atoms with Crippen LogP contribution in [0.4, 0.5) is 0 Å². The van der Waals surface area contributed by atoms with E-state index in [4.69, 9.17) is 9.05 Å². The van der Waals surface area contributed by atoms with E-state index in [1.807, 2.05) is 0 Å². The van der Waals surface area contributed by atoms with Crippen molar-refractivity contribution in [1.29, 1.82) is 0 Å². The molecule has 32 heavy (non-hydrogen) atoms. The zero-order chi connectivity index (χ0) is 23.5. The summed E-state index contributed by atoms with van der Waals surface area (Å²) in [7, 11) is -3.90. The van der Waals surface area contributed by atoms with Crippen molar-refractivity contribution in [3.8, 4) is 0 Å². The summed E-state index contributed by atoms with van der Waals surface area (Å²) in [5.74, 6) is 0. The molecular weight excluding hydrogens is 421 g/mol. The Morgan fingerprint density at radius 2 is 1.19 bits per heavy atom. The minimum Gasteiger partial charge on any atom is -0.333 e. The van der Waals surface area contributed by atoms with Crippen molar-refractivity contribution in [3.05, 3.63) is 0 Å². The summed E-state index contributed by atoms with van der Waals surface area (Å²) in [4.78, 5) is 11.5. The van der Waals surface area contributed by atoms with Crippen LogP contribution in [0.5, 0.6) is 0 Å². The van der Waals surface area contributed by atoms with E-state index in [9.17, 15) is 9.46 Å². The third-order valence-corrected chi connectivity index (χ3v) is 8.00. The summed E-state index contributed by atoms with van der Waals surface area (Å²) < 4.78 is 22.8. The van der Waals surface area contributed by atoms with Gasteiger partial charge < -0.3 is 9.79 Å². The number of quaternary nitrogens is 1. The van der Waals surface area contributed by atoms with E-state index >= 15 is 0 Å². The van der Waals surface area contributed by atoms with E-state index in [1.165, 1.54) is 89.9 Å². The second-order valence-corrected chi connectivity index (χ2v) is 11.6. The molecule has 1 heterocycles. The van der Waals surface area contributed by atoms with Crippen LogP contribution in [0, 0.1) is 0 Å². The third kappa shape index (κ3) is 16.6. The number of nitrogens with one attached hydrogen (secondary N) is 1. The van der Waals surface area contributed by atoms with Crippen LogP contribution in [0.25, 0.3) is 0 Å². The minimum atomic E-state index is -3.90. The molecule has 0 saturated carbocycles. The Balaban J connectivity index is 1.85. The van der Waals surface area contributed by atoms with Gasteiger partial charge in [-0.15, -0.1) is 0 Å². The van der Waals surface area contributed by atoms with Crippen molar-refractivity contribution in [1.82, 2.24) is 0 Å². The second-order valence-electron chi connectivity index (χ2n) is 10.2. The number of rotatable bonds is 21. The molecular formula is C26H55NO4P+. The molecule has 0 aromatic heterocycles. The lowest BCUT2D eigenvalue weighted by Crippen LogP contribution is -3.16. The highest BCUT2D eigenvalue weighted by molar-refractivity contribution is 7.47. The predicted octanol–water partition coefficient (Wildman–Crippen LogP) is 6.84. The fourth-order valence-corrected chi connectivity index (χ4v) is 5.70. The molecule has 0 amide bonds. The first-order valence-corrected chi connectivity index (χ1v) is 15.4. The first-order chi connectivity index (χ1) is 15.4. The summed E-state index contributed by atoms with van der Waals surface area (Å²) >= 11 is 0. The van der Waals surface area contributed by atoms with E-state index in [0.717, 1.165) is 38.8 Å². The Hall–Kier alpha value is 0.0700.